The van der Waals surface area contributed by atoms with Crippen molar-refractivity contribution in [2.45, 2.75) is 57.3 Å². The van der Waals surface area contributed by atoms with Crippen LogP contribution in [0.3, 0.4) is 0 Å². The van der Waals surface area contributed by atoms with Crippen LogP contribution in [0.5, 0.6) is 5.75 Å². The fourth-order valence-electron chi connectivity index (χ4n) is 2.58. The minimum Gasteiger partial charge on any atom is -0.490 e. The Morgan fingerprint density at radius 2 is 2.05 bits per heavy atom. The average molecular weight is 327 g/mol. The van der Waals surface area contributed by atoms with Crippen LogP contribution in [0.15, 0.2) is 18.2 Å². The molecule has 1 saturated carbocycles. The van der Waals surface area contributed by atoms with Crippen molar-refractivity contribution in [3.8, 4) is 5.75 Å². The van der Waals surface area contributed by atoms with Gasteiger partial charge in [-0.1, -0.05) is 30.9 Å². The first-order chi connectivity index (χ1) is 10.1. The van der Waals surface area contributed by atoms with Crippen LogP contribution < -0.4 is 4.74 Å². The van der Waals surface area contributed by atoms with Crippen LogP contribution in [0.1, 0.15) is 56.3 Å². The molecule has 116 valence electrons. The minimum atomic E-state index is 0.0451. The van der Waals surface area contributed by atoms with Crippen molar-refractivity contribution in [1.29, 1.82) is 0 Å². The van der Waals surface area contributed by atoms with Gasteiger partial charge >= 0.3 is 0 Å². The van der Waals surface area contributed by atoms with Gasteiger partial charge in [0, 0.05) is 10.3 Å². The fraction of sp³-hybridized carbons (Fsp3) is 0.588. The highest BCUT2D eigenvalue weighted by Crippen LogP contribution is 2.30. The first-order valence-corrected chi connectivity index (χ1v) is 9.10. The lowest BCUT2D eigenvalue weighted by Gasteiger charge is -2.21. The number of benzene rings is 1. The number of carbonyl (C=O) groups excluding carboxylic acids is 1. The number of rotatable bonds is 6. The van der Waals surface area contributed by atoms with Gasteiger partial charge in [0.05, 0.1) is 17.4 Å². The zero-order valence-electron chi connectivity index (χ0n) is 12.7. The molecule has 0 aliphatic heterocycles. The van der Waals surface area contributed by atoms with E-state index >= 15 is 0 Å². The molecule has 2 nitrogen and oxygen atoms in total. The molecule has 0 spiro atoms. The molecule has 21 heavy (non-hydrogen) atoms. The smallest absolute Gasteiger partial charge is 0.176 e. The number of Topliss-reactive ketones (excluding diaryl/α,β-unsaturated/α-hetero) is 1. The lowest BCUT2D eigenvalue weighted by molar-refractivity contribution is 0.101. The summed E-state index contributed by atoms with van der Waals surface area (Å²) in [7, 11) is 0. The van der Waals surface area contributed by atoms with Crippen LogP contribution in [-0.2, 0) is 0 Å². The van der Waals surface area contributed by atoms with Gasteiger partial charge in [-0.05, 0) is 44.9 Å². The number of ketones is 1. The van der Waals surface area contributed by atoms with Crippen LogP contribution >= 0.6 is 23.4 Å². The summed E-state index contributed by atoms with van der Waals surface area (Å²) in [6.07, 6.45) is 6.45. The van der Waals surface area contributed by atoms with Gasteiger partial charge in [0.1, 0.15) is 5.75 Å². The van der Waals surface area contributed by atoms with E-state index in [0.717, 1.165) is 0 Å². The summed E-state index contributed by atoms with van der Waals surface area (Å²) in [5, 5.41) is 1.22. The second-order valence-corrected chi connectivity index (χ2v) is 7.53. The predicted octanol–water partition coefficient (Wildman–Crippen LogP) is 5.38. The fourth-order valence-corrected chi connectivity index (χ4v) is 3.96. The molecule has 0 bridgehead atoms. The van der Waals surface area contributed by atoms with E-state index in [1.807, 2.05) is 13.8 Å². The molecule has 0 saturated heterocycles. The molecule has 0 heterocycles. The highest BCUT2D eigenvalue weighted by atomic mass is 35.5. The lowest BCUT2D eigenvalue weighted by Crippen LogP contribution is -2.14. The Balaban J connectivity index is 2.01. The molecule has 0 aromatic heterocycles. The number of carbonyl (C=O) groups is 1. The number of hydrogen-bond acceptors (Lipinski definition) is 3. The van der Waals surface area contributed by atoms with Crippen LogP contribution in [0.4, 0.5) is 0 Å². The minimum absolute atomic E-state index is 0.0451. The third-order valence-corrected chi connectivity index (χ3v) is 5.21. The largest absolute Gasteiger partial charge is 0.490 e. The molecule has 1 aromatic carbocycles. The first kappa shape index (κ1) is 16.7. The maximum absolute atomic E-state index is 12.5. The molecule has 0 atom stereocenters. The third kappa shape index (κ3) is 5.23. The zero-order valence-corrected chi connectivity index (χ0v) is 14.3. The normalized spacial score (nSPS) is 16.2. The Morgan fingerprint density at radius 3 is 2.71 bits per heavy atom. The van der Waals surface area contributed by atoms with E-state index < -0.39 is 0 Å². The molecule has 4 heteroatoms. The van der Waals surface area contributed by atoms with E-state index in [-0.39, 0.29) is 11.9 Å². The van der Waals surface area contributed by atoms with Crippen molar-refractivity contribution < 1.29 is 9.53 Å². The molecule has 1 aliphatic carbocycles. The van der Waals surface area contributed by atoms with Gasteiger partial charge in [-0.25, -0.2) is 0 Å². The zero-order chi connectivity index (χ0) is 15.2. The van der Waals surface area contributed by atoms with Crippen LogP contribution in [0.25, 0.3) is 0 Å². The van der Waals surface area contributed by atoms with Crippen molar-refractivity contribution in [1.82, 2.24) is 0 Å². The maximum Gasteiger partial charge on any atom is 0.176 e. The summed E-state index contributed by atoms with van der Waals surface area (Å²) in [5.41, 5.74) is 0.611. The van der Waals surface area contributed by atoms with Crippen molar-refractivity contribution >= 4 is 29.1 Å². The van der Waals surface area contributed by atoms with Gasteiger partial charge in [-0.15, -0.1) is 0 Å². The number of thioether (sulfide) groups is 1. The Morgan fingerprint density at radius 1 is 1.33 bits per heavy atom. The third-order valence-electron chi connectivity index (χ3n) is 3.61. The summed E-state index contributed by atoms with van der Waals surface area (Å²) < 4.78 is 5.72. The van der Waals surface area contributed by atoms with Crippen molar-refractivity contribution in [2.75, 3.05) is 5.75 Å². The standard InChI is InChI=1S/C17H23ClO2S/c1-12(2)20-17-9-8-13(18)10-15(17)16(19)11-21-14-6-4-3-5-7-14/h8-10,12,14H,3-7,11H2,1-2H3. The van der Waals surface area contributed by atoms with E-state index in [2.05, 4.69) is 0 Å². The summed E-state index contributed by atoms with van der Waals surface area (Å²) in [6, 6.07) is 5.29. The molecule has 2 rings (SSSR count). The Labute approximate surface area is 136 Å². The van der Waals surface area contributed by atoms with E-state index in [0.29, 0.717) is 27.3 Å². The van der Waals surface area contributed by atoms with E-state index in [1.165, 1.54) is 32.1 Å². The summed E-state index contributed by atoms with van der Waals surface area (Å²) >= 11 is 7.82. The van der Waals surface area contributed by atoms with Crippen LogP contribution in [0.2, 0.25) is 5.02 Å². The SMILES string of the molecule is CC(C)Oc1ccc(Cl)cc1C(=O)CSC1CCCCC1. The maximum atomic E-state index is 12.5. The number of ether oxygens (including phenoxy) is 1. The second kappa shape index (κ2) is 8.09. The van der Waals surface area contributed by atoms with Crippen molar-refractivity contribution in [3.63, 3.8) is 0 Å². The summed E-state index contributed by atoms with van der Waals surface area (Å²) in [6.45, 7) is 3.92. The molecule has 0 N–H and O–H groups in total. The number of hydrogen-bond donors (Lipinski definition) is 0. The van der Waals surface area contributed by atoms with Crippen LogP contribution in [0, 0.1) is 0 Å². The Kier molecular flexibility index (Phi) is 6.43. The Hall–Kier alpha value is -0.670. The van der Waals surface area contributed by atoms with Gasteiger partial charge < -0.3 is 4.74 Å². The van der Waals surface area contributed by atoms with Gasteiger partial charge in [0.25, 0.3) is 0 Å². The monoisotopic (exact) mass is 326 g/mol. The van der Waals surface area contributed by atoms with Gasteiger partial charge in [0.15, 0.2) is 5.78 Å². The van der Waals surface area contributed by atoms with Crippen LogP contribution in [-0.4, -0.2) is 22.9 Å². The number of halogens is 1. The highest BCUT2D eigenvalue weighted by Gasteiger charge is 2.18. The molecule has 1 fully saturated rings. The van der Waals surface area contributed by atoms with E-state index in [9.17, 15) is 4.79 Å². The molecule has 1 aromatic rings. The average Bonchev–Trinajstić information content (AvgIpc) is 2.47. The highest BCUT2D eigenvalue weighted by molar-refractivity contribution is 8.00. The second-order valence-electron chi connectivity index (χ2n) is 5.80. The quantitative estimate of drug-likeness (QED) is 0.657. The Bertz CT molecular complexity index is 482. The molecular formula is C17H23ClO2S. The van der Waals surface area contributed by atoms with Crippen molar-refractivity contribution in [3.05, 3.63) is 28.8 Å². The molecular weight excluding hydrogens is 304 g/mol. The summed E-state index contributed by atoms with van der Waals surface area (Å²) in [5.74, 6) is 1.27. The molecule has 0 amide bonds. The molecule has 0 unspecified atom stereocenters. The lowest BCUT2D eigenvalue weighted by atomic mass is 10.0. The summed E-state index contributed by atoms with van der Waals surface area (Å²) in [4.78, 5) is 12.5. The predicted molar refractivity (Wildman–Crippen MR) is 90.9 cm³/mol. The molecule has 0 radical (unpaired) electrons. The van der Waals surface area contributed by atoms with Crippen molar-refractivity contribution in [2.24, 2.45) is 0 Å². The van der Waals surface area contributed by atoms with E-state index in [4.69, 9.17) is 16.3 Å². The molecule has 1 aliphatic rings. The topological polar surface area (TPSA) is 26.3 Å². The van der Waals surface area contributed by atoms with Gasteiger partial charge in [-0.3, -0.25) is 4.79 Å². The van der Waals surface area contributed by atoms with Gasteiger partial charge in [-0.2, -0.15) is 11.8 Å². The van der Waals surface area contributed by atoms with Gasteiger partial charge in [0.2, 0.25) is 0 Å². The van der Waals surface area contributed by atoms with E-state index in [1.54, 1.807) is 30.0 Å². The first-order valence-electron chi connectivity index (χ1n) is 7.67.